The monoisotopic (exact) mass is 252 g/mol. The van der Waals surface area contributed by atoms with Gasteiger partial charge in [-0.2, -0.15) is 0 Å². The summed E-state index contributed by atoms with van der Waals surface area (Å²) in [5.41, 5.74) is 3.36. The Hall–Kier alpha value is -1.12. The third-order valence-electron chi connectivity index (χ3n) is 2.67. The summed E-state index contributed by atoms with van der Waals surface area (Å²) in [6.07, 6.45) is 12.3. The molecule has 0 spiro atoms. The highest BCUT2D eigenvalue weighted by Crippen LogP contribution is 2.33. The van der Waals surface area contributed by atoms with Crippen LogP contribution in [-0.4, -0.2) is 17.4 Å². The molecule has 1 unspecified atom stereocenters. The molecule has 0 bridgehead atoms. The Morgan fingerprint density at radius 3 is 2.75 bits per heavy atom. The van der Waals surface area contributed by atoms with E-state index in [1.807, 2.05) is 24.3 Å². The summed E-state index contributed by atoms with van der Waals surface area (Å²) in [6, 6.07) is 0. The van der Waals surface area contributed by atoms with Gasteiger partial charge in [-0.05, 0) is 17.7 Å². The zero-order valence-electron chi connectivity index (χ0n) is 8.43. The van der Waals surface area contributed by atoms with Crippen molar-refractivity contribution in [2.45, 2.75) is 0 Å². The lowest BCUT2D eigenvalue weighted by atomic mass is 9.83. The predicted molar refractivity (Wildman–Crippen MR) is 70.8 cm³/mol. The number of amidine groups is 1. The average molecular weight is 253 g/mol. The van der Waals surface area contributed by atoms with Crippen molar-refractivity contribution in [2.75, 3.05) is 5.88 Å². The van der Waals surface area contributed by atoms with Crippen LogP contribution < -0.4 is 0 Å². The molecule has 0 N–H and O–H groups in total. The van der Waals surface area contributed by atoms with Crippen LogP contribution in [0.15, 0.2) is 57.7 Å². The first kappa shape index (κ1) is 11.4. The highest BCUT2D eigenvalue weighted by atomic mass is 35.5. The van der Waals surface area contributed by atoms with Gasteiger partial charge >= 0.3 is 0 Å². The van der Waals surface area contributed by atoms with Crippen LogP contribution in [0.25, 0.3) is 0 Å². The molecule has 3 aliphatic rings. The minimum Gasteiger partial charge on any atom is -0.236 e. The van der Waals surface area contributed by atoms with E-state index in [4.69, 9.17) is 11.6 Å². The summed E-state index contributed by atoms with van der Waals surface area (Å²) in [6.45, 7) is 0. The molecule has 2 aliphatic carbocycles. The summed E-state index contributed by atoms with van der Waals surface area (Å²) < 4.78 is 0. The maximum Gasteiger partial charge on any atom is 0.143 e. The van der Waals surface area contributed by atoms with Crippen LogP contribution in [0.5, 0.6) is 0 Å². The number of hydrogen-bond acceptors (Lipinski definition) is 2. The number of allylic oxidation sites excluding steroid dienone is 7. The lowest BCUT2D eigenvalue weighted by molar-refractivity contribution is 0.920. The van der Waals surface area contributed by atoms with Gasteiger partial charge in [-0.3, -0.25) is 0 Å². The Kier molecular flexibility index (Phi) is 3.13. The van der Waals surface area contributed by atoms with E-state index in [1.165, 1.54) is 5.57 Å². The van der Waals surface area contributed by atoms with Crippen molar-refractivity contribution in [2.24, 2.45) is 15.9 Å². The van der Waals surface area contributed by atoms with E-state index in [0.29, 0.717) is 11.7 Å². The van der Waals surface area contributed by atoms with Gasteiger partial charge in [0.05, 0.1) is 23.2 Å². The number of nitrogens with zero attached hydrogens (tertiary/aromatic N) is 2. The van der Waals surface area contributed by atoms with Gasteiger partial charge < -0.3 is 0 Å². The van der Waals surface area contributed by atoms with Crippen LogP contribution in [0.3, 0.4) is 0 Å². The smallest absolute Gasteiger partial charge is 0.143 e. The second-order valence-electron chi connectivity index (χ2n) is 3.61. The third-order valence-corrected chi connectivity index (χ3v) is 2.91. The van der Waals surface area contributed by atoms with Crippen molar-refractivity contribution < 1.29 is 0 Å². The van der Waals surface area contributed by atoms with Crippen molar-refractivity contribution >= 4 is 35.6 Å². The fourth-order valence-corrected chi connectivity index (χ4v) is 2.16. The van der Waals surface area contributed by atoms with Crippen LogP contribution in [0.4, 0.5) is 0 Å². The predicted octanol–water partition coefficient (Wildman–Crippen LogP) is 3.07. The second kappa shape index (κ2) is 4.40. The van der Waals surface area contributed by atoms with Gasteiger partial charge in [0, 0.05) is 0 Å². The first-order valence-electron chi connectivity index (χ1n) is 4.87. The molecule has 1 heterocycles. The summed E-state index contributed by atoms with van der Waals surface area (Å²) in [5, 5.41) is 0. The van der Waals surface area contributed by atoms with Crippen molar-refractivity contribution in [1.29, 1.82) is 0 Å². The molecular weight excluding hydrogens is 243 g/mol. The van der Waals surface area contributed by atoms with Gasteiger partial charge in [-0.1, -0.05) is 24.3 Å². The van der Waals surface area contributed by atoms with Gasteiger partial charge in [-0.25, -0.2) is 9.98 Å². The zero-order valence-corrected chi connectivity index (χ0v) is 10.0. The first-order valence-corrected chi connectivity index (χ1v) is 5.40. The SMILES string of the molecule is Cl.ClCC1=NC2=CC=CC3=CC=CC(=N1)C32. The maximum absolute atomic E-state index is 5.77. The van der Waals surface area contributed by atoms with E-state index >= 15 is 0 Å². The number of rotatable bonds is 1. The molecule has 3 rings (SSSR count). The van der Waals surface area contributed by atoms with Crippen molar-refractivity contribution in [1.82, 2.24) is 0 Å². The number of alkyl halides is 1. The molecule has 1 aliphatic heterocycles. The van der Waals surface area contributed by atoms with Crippen LogP contribution in [0.1, 0.15) is 0 Å². The minimum absolute atomic E-state index is 0. The fourth-order valence-electron chi connectivity index (χ4n) is 2.04. The highest BCUT2D eigenvalue weighted by molar-refractivity contribution is 6.30. The van der Waals surface area contributed by atoms with Crippen LogP contribution >= 0.6 is 24.0 Å². The van der Waals surface area contributed by atoms with E-state index < -0.39 is 0 Å². The Bertz CT molecular complexity index is 491. The summed E-state index contributed by atoms with van der Waals surface area (Å²) in [4.78, 5) is 8.87. The molecule has 16 heavy (non-hydrogen) atoms. The lowest BCUT2D eigenvalue weighted by Crippen LogP contribution is -2.25. The van der Waals surface area contributed by atoms with Crippen molar-refractivity contribution in [3.8, 4) is 0 Å². The molecule has 1 atom stereocenters. The molecule has 0 amide bonds. The largest absolute Gasteiger partial charge is 0.236 e. The third kappa shape index (κ3) is 1.68. The standard InChI is InChI=1S/C12H9ClN2.ClH/c13-7-11-14-9-5-1-3-8-4-2-6-10(15-11)12(8)9;/h1-6,12H,7H2;1H. The van der Waals surface area contributed by atoms with E-state index in [0.717, 1.165) is 11.4 Å². The summed E-state index contributed by atoms with van der Waals surface area (Å²) >= 11 is 5.77. The molecule has 0 aromatic carbocycles. The van der Waals surface area contributed by atoms with Crippen LogP contribution in [-0.2, 0) is 0 Å². The molecule has 0 saturated carbocycles. The average Bonchev–Trinajstić information content (AvgIpc) is 2.29. The fraction of sp³-hybridized carbons (Fsp3) is 0.167. The molecular formula is C12H10Cl2N2. The van der Waals surface area contributed by atoms with Gasteiger partial charge in [-0.15, -0.1) is 24.0 Å². The molecule has 0 radical (unpaired) electrons. The van der Waals surface area contributed by atoms with Gasteiger partial charge in [0.1, 0.15) is 5.84 Å². The second-order valence-corrected chi connectivity index (χ2v) is 3.88. The van der Waals surface area contributed by atoms with E-state index in [-0.39, 0.29) is 18.3 Å². The van der Waals surface area contributed by atoms with E-state index in [9.17, 15) is 0 Å². The quantitative estimate of drug-likeness (QED) is 0.641. The van der Waals surface area contributed by atoms with E-state index in [1.54, 1.807) is 0 Å². The maximum atomic E-state index is 5.77. The lowest BCUT2D eigenvalue weighted by Gasteiger charge is -2.27. The minimum atomic E-state index is 0. The number of halogens is 2. The molecule has 0 aromatic rings. The van der Waals surface area contributed by atoms with Crippen molar-refractivity contribution in [3.05, 3.63) is 47.7 Å². The van der Waals surface area contributed by atoms with Gasteiger partial charge in [0.25, 0.3) is 0 Å². The molecule has 2 nitrogen and oxygen atoms in total. The number of hydrogen-bond donors (Lipinski definition) is 0. The summed E-state index contributed by atoms with van der Waals surface area (Å²) in [7, 11) is 0. The Morgan fingerprint density at radius 2 is 1.94 bits per heavy atom. The van der Waals surface area contributed by atoms with Crippen molar-refractivity contribution in [3.63, 3.8) is 0 Å². The Balaban J connectivity index is 0.000000963. The molecule has 0 saturated heterocycles. The number of aliphatic imine (C=N–C) groups is 2. The van der Waals surface area contributed by atoms with Crippen LogP contribution in [0.2, 0.25) is 0 Å². The molecule has 82 valence electrons. The molecule has 0 fully saturated rings. The van der Waals surface area contributed by atoms with E-state index in [2.05, 4.69) is 22.1 Å². The topological polar surface area (TPSA) is 24.7 Å². The molecule has 4 heteroatoms. The highest BCUT2D eigenvalue weighted by Gasteiger charge is 2.28. The summed E-state index contributed by atoms with van der Waals surface area (Å²) in [5.74, 6) is 1.30. The van der Waals surface area contributed by atoms with Gasteiger partial charge in [0.2, 0.25) is 0 Å². The zero-order chi connectivity index (χ0) is 10.3. The van der Waals surface area contributed by atoms with Gasteiger partial charge in [0.15, 0.2) is 0 Å². The normalized spacial score (nSPS) is 24.7. The first-order chi connectivity index (χ1) is 7.38. The Labute approximate surface area is 105 Å². The Morgan fingerprint density at radius 1 is 1.12 bits per heavy atom. The molecule has 0 aromatic heterocycles. The van der Waals surface area contributed by atoms with Crippen LogP contribution in [0, 0.1) is 5.92 Å².